The zero-order valence-corrected chi connectivity index (χ0v) is 22.4. The largest absolute Gasteiger partial charge is 0.444 e. The molecule has 0 saturated carbocycles. The third kappa shape index (κ3) is 5.34. The number of amides is 1. The summed E-state index contributed by atoms with van der Waals surface area (Å²) >= 11 is 0. The number of amidine groups is 1. The first-order chi connectivity index (χ1) is 18.6. The molecular formula is C29H33F2N5O3. The molecule has 3 aromatic rings. The summed E-state index contributed by atoms with van der Waals surface area (Å²) in [6.07, 6.45) is 2.85. The number of carbonyl (C=O) groups excluding carboxylic acids is 1. The van der Waals surface area contributed by atoms with Gasteiger partial charge in [-0.3, -0.25) is 4.99 Å². The summed E-state index contributed by atoms with van der Waals surface area (Å²) in [5.74, 6) is -0.502. The van der Waals surface area contributed by atoms with Crippen LogP contribution in [0.4, 0.5) is 13.6 Å². The number of aromatic nitrogens is 2. The molecule has 3 aliphatic heterocycles. The van der Waals surface area contributed by atoms with E-state index in [0.717, 1.165) is 41.8 Å². The van der Waals surface area contributed by atoms with Gasteiger partial charge >= 0.3 is 6.09 Å². The number of nitrogens with one attached hydrogen (secondary N) is 1. The summed E-state index contributed by atoms with van der Waals surface area (Å²) in [5.41, 5.74) is 2.54. The third-order valence-corrected chi connectivity index (χ3v) is 7.31. The Kier molecular flexibility index (Phi) is 6.53. The number of nitrogens with zero attached hydrogens (tertiary/aromatic N) is 4. The molecule has 1 amide bonds. The van der Waals surface area contributed by atoms with Crippen LogP contribution in [0, 0.1) is 11.6 Å². The van der Waals surface area contributed by atoms with E-state index >= 15 is 0 Å². The van der Waals surface area contributed by atoms with Gasteiger partial charge in [0.15, 0.2) is 12.1 Å². The average molecular weight is 538 g/mol. The Labute approximate surface area is 226 Å². The summed E-state index contributed by atoms with van der Waals surface area (Å²) in [4.78, 5) is 19.2. The first kappa shape index (κ1) is 25.7. The number of rotatable bonds is 4. The lowest BCUT2D eigenvalue weighted by molar-refractivity contribution is -0.0367. The molecule has 4 heterocycles. The molecule has 39 heavy (non-hydrogen) atoms. The number of fused-ring (bicyclic) bond motifs is 2. The Morgan fingerprint density at radius 3 is 2.59 bits per heavy atom. The van der Waals surface area contributed by atoms with Crippen LogP contribution in [0.1, 0.15) is 63.1 Å². The number of hydrogen-bond donors (Lipinski definition) is 1. The molecule has 1 N–H and O–H groups in total. The lowest BCUT2D eigenvalue weighted by Gasteiger charge is -2.24. The molecule has 0 bridgehead atoms. The van der Waals surface area contributed by atoms with Crippen molar-refractivity contribution in [2.75, 3.05) is 19.7 Å². The van der Waals surface area contributed by atoms with Gasteiger partial charge in [-0.25, -0.2) is 18.3 Å². The number of halogens is 2. The lowest BCUT2D eigenvalue weighted by Crippen LogP contribution is -2.39. The summed E-state index contributed by atoms with van der Waals surface area (Å²) in [6, 6.07) is 9.44. The maximum atomic E-state index is 13.8. The third-order valence-electron chi connectivity index (χ3n) is 7.31. The van der Waals surface area contributed by atoms with E-state index in [4.69, 9.17) is 19.6 Å². The van der Waals surface area contributed by atoms with Crippen molar-refractivity contribution in [3.05, 3.63) is 64.9 Å². The molecule has 3 unspecified atom stereocenters. The number of aliphatic imine (C=N–C) groups is 1. The number of ether oxygens (including phenoxy) is 2. The quantitative estimate of drug-likeness (QED) is 0.510. The molecule has 2 fully saturated rings. The number of hydrogen-bond acceptors (Lipinski definition) is 6. The average Bonchev–Trinajstić information content (AvgIpc) is 3.54. The Bertz CT molecular complexity index is 1420. The highest BCUT2D eigenvalue weighted by Gasteiger charge is 2.42. The van der Waals surface area contributed by atoms with Crippen molar-refractivity contribution in [3.63, 3.8) is 0 Å². The fourth-order valence-corrected chi connectivity index (χ4v) is 5.60. The summed E-state index contributed by atoms with van der Waals surface area (Å²) in [7, 11) is 0. The van der Waals surface area contributed by atoms with Crippen molar-refractivity contribution in [2.24, 2.45) is 4.99 Å². The highest BCUT2D eigenvalue weighted by Crippen LogP contribution is 2.31. The Morgan fingerprint density at radius 2 is 1.90 bits per heavy atom. The topological polar surface area (TPSA) is 81.0 Å². The van der Waals surface area contributed by atoms with Crippen molar-refractivity contribution in [3.8, 4) is 0 Å². The normalized spacial score (nSPS) is 23.1. The maximum absolute atomic E-state index is 13.8. The molecular weight excluding hydrogens is 504 g/mol. The smallest absolute Gasteiger partial charge is 0.410 e. The van der Waals surface area contributed by atoms with Crippen LogP contribution in [0.15, 0.2) is 41.4 Å². The summed E-state index contributed by atoms with van der Waals surface area (Å²) in [6.45, 7) is 7.21. The van der Waals surface area contributed by atoms with Gasteiger partial charge in [0.2, 0.25) is 0 Å². The van der Waals surface area contributed by atoms with E-state index in [-0.39, 0.29) is 24.4 Å². The monoisotopic (exact) mass is 537 g/mol. The molecule has 10 heteroatoms. The molecule has 206 valence electrons. The minimum atomic E-state index is -0.592. The van der Waals surface area contributed by atoms with Crippen LogP contribution < -0.4 is 5.32 Å². The van der Waals surface area contributed by atoms with Gasteiger partial charge in [-0.1, -0.05) is 6.07 Å². The summed E-state index contributed by atoms with van der Waals surface area (Å²) in [5, 5.41) is 9.37. The second kappa shape index (κ2) is 9.89. The van der Waals surface area contributed by atoms with E-state index in [1.54, 1.807) is 4.90 Å². The van der Waals surface area contributed by atoms with Crippen molar-refractivity contribution in [2.45, 2.75) is 70.4 Å². The molecule has 3 aliphatic rings. The Morgan fingerprint density at radius 1 is 1.10 bits per heavy atom. The van der Waals surface area contributed by atoms with Crippen LogP contribution >= 0.6 is 0 Å². The number of carbonyl (C=O) groups is 1. The van der Waals surface area contributed by atoms with E-state index in [1.165, 1.54) is 12.1 Å². The molecule has 0 aliphatic carbocycles. The molecule has 0 radical (unpaired) electrons. The van der Waals surface area contributed by atoms with Crippen molar-refractivity contribution >= 4 is 22.8 Å². The minimum absolute atomic E-state index is 0.0305. The Hall–Kier alpha value is -3.53. The zero-order chi connectivity index (χ0) is 27.3. The molecule has 3 atom stereocenters. The molecule has 6 rings (SSSR count). The molecule has 0 spiro atoms. The van der Waals surface area contributed by atoms with Gasteiger partial charge in [0.25, 0.3) is 0 Å². The number of benzene rings is 2. The van der Waals surface area contributed by atoms with Crippen LogP contribution in [0.25, 0.3) is 10.9 Å². The van der Waals surface area contributed by atoms with Crippen LogP contribution in [-0.2, 0) is 15.9 Å². The van der Waals surface area contributed by atoms with Crippen LogP contribution in [0.3, 0.4) is 0 Å². The highest BCUT2D eigenvalue weighted by atomic mass is 19.1. The van der Waals surface area contributed by atoms with Crippen molar-refractivity contribution in [1.29, 1.82) is 0 Å². The van der Waals surface area contributed by atoms with E-state index in [0.29, 0.717) is 43.2 Å². The van der Waals surface area contributed by atoms with Crippen LogP contribution in [-0.4, -0.2) is 64.0 Å². The fourth-order valence-electron chi connectivity index (χ4n) is 5.60. The standard InChI is InChI=1S/C29H33F2N5O3/c1-29(2,3)39-28(37)35-15-22-23(16-35)33-27(32-22)26-21-13-17(10-18-11-19(30)14-20(31)12-18)7-8-24(21)36(34-26)25-6-4-5-9-38-25/h7-8,11-14,22-23,25H,4-6,9-10,15-16H2,1-3H3,(H,32,33). The van der Waals surface area contributed by atoms with Gasteiger partial charge < -0.3 is 19.7 Å². The van der Waals surface area contributed by atoms with Gasteiger partial charge in [-0.05, 0) is 81.8 Å². The van der Waals surface area contributed by atoms with E-state index in [2.05, 4.69) is 5.32 Å². The summed E-state index contributed by atoms with van der Waals surface area (Å²) < 4.78 is 41.1. The predicted molar refractivity (Wildman–Crippen MR) is 143 cm³/mol. The van der Waals surface area contributed by atoms with E-state index < -0.39 is 17.2 Å². The predicted octanol–water partition coefficient (Wildman–Crippen LogP) is 4.94. The van der Waals surface area contributed by atoms with Gasteiger partial charge in [0.05, 0.1) is 17.6 Å². The van der Waals surface area contributed by atoms with Crippen molar-refractivity contribution < 1.29 is 23.0 Å². The second-order valence-corrected chi connectivity index (χ2v) is 11.6. The van der Waals surface area contributed by atoms with E-state index in [1.807, 2.05) is 43.7 Å². The first-order valence-corrected chi connectivity index (χ1v) is 13.5. The SMILES string of the molecule is CC(C)(C)OC(=O)N1CC2N=C(c3nn(C4CCCCO4)c4ccc(Cc5cc(F)cc(F)c5)cc34)NC2C1. The van der Waals surface area contributed by atoms with Gasteiger partial charge in [-0.2, -0.15) is 5.10 Å². The molecule has 1 aromatic heterocycles. The second-order valence-electron chi connectivity index (χ2n) is 11.6. The maximum Gasteiger partial charge on any atom is 0.410 e. The molecule has 2 saturated heterocycles. The van der Waals surface area contributed by atoms with Gasteiger partial charge in [0.1, 0.15) is 22.9 Å². The Balaban J connectivity index is 1.32. The van der Waals surface area contributed by atoms with Gasteiger partial charge in [-0.15, -0.1) is 0 Å². The molecule has 8 nitrogen and oxygen atoms in total. The van der Waals surface area contributed by atoms with E-state index in [9.17, 15) is 13.6 Å². The zero-order valence-electron chi connectivity index (χ0n) is 22.4. The van der Waals surface area contributed by atoms with Crippen molar-refractivity contribution in [1.82, 2.24) is 20.0 Å². The first-order valence-electron chi connectivity index (χ1n) is 13.5. The van der Waals surface area contributed by atoms with Crippen LogP contribution in [0.2, 0.25) is 0 Å². The van der Waals surface area contributed by atoms with Crippen LogP contribution in [0.5, 0.6) is 0 Å². The number of likely N-dealkylation sites (tertiary alicyclic amines) is 1. The highest BCUT2D eigenvalue weighted by molar-refractivity contribution is 6.09. The van der Waals surface area contributed by atoms with Gasteiger partial charge in [0, 0.05) is 31.1 Å². The fraction of sp³-hybridized carbons (Fsp3) is 0.483. The minimum Gasteiger partial charge on any atom is -0.444 e. The molecule has 2 aromatic carbocycles. The lowest BCUT2D eigenvalue weighted by atomic mass is 10.0.